The van der Waals surface area contributed by atoms with Gasteiger partial charge in [-0.15, -0.1) is 0 Å². The van der Waals surface area contributed by atoms with E-state index in [1.807, 2.05) is 13.0 Å². The van der Waals surface area contributed by atoms with E-state index in [9.17, 15) is 5.11 Å². The fourth-order valence-corrected chi connectivity index (χ4v) is 2.14. The normalized spacial score (nSPS) is 12.5. The van der Waals surface area contributed by atoms with Gasteiger partial charge in [0.2, 0.25) is 0 Å². The molecule has 1 N–H and O–H groups in total. The number of benzene rings is 2. The Balaban J connectivity index is 2.37. The zero-order chi connectivity index (χ0) is 13.3. The van der Waals surface area contributed by atoms with Crippen molar-refractivity contribution in [2.45, 2.75) is 13.0 Å². The van der Waals surface area contributed by atoms with E-state index in [4.69, 9.17) is 34.8 Å². The van der Waals surface area contributed by atoms with Crippen LogP contribution in [0.3, 0.4) is 0 Å². The summed E-state index contributed by atoms with van der Waals surface area (Å²) in [4.78, 5) is 0. The zero-order valence-corrected chi connectivity index (χ0v) is 11.9. The molecule has 0 saturated heterocycles. The summed E-state index contributed by atoms with van der Waals surface area (Å²) in [5.41, 5.74) is 2.40. The third kappa shape index (κ3) is 2.81. The molecule has 1 unspecified atom stereocenters. The van der Waals surface area contributed by atoms with Crippen LogP contribution in [0.25, 0.3) is 0 Å². The Bertz CT molecular complexity index is 530. The van der Waals surface area contributed by atoms with E-state index in [-0.39, 0.29) is 0 Å². The van der Waals surface area contributed by atoms with E-state index in [0.29, 0.717) is 20.6 Å². The van der Waals surface area contributed by atoms with Gasteiger partial charge in [0.25, 0.3) is 0 Å². The van der Waals surface area contributed by atoms with Gasteiger partial charge in [-0.05, 0) is 41.8 Å². The molecule has 2 rings (SSSR count). The average Bonchev–Trinajstić information content (AvgIpc) is 2.35. The lowest BCUT2D eigenvalue weighted by Crippen LogP contribution is -2.00. The maximum Gasteiger partial charge on any atom is 0.104 e. The SMILES string of the molecule is Cc1cc(C(O)c2ccc(Cl)c(Cl)c2)ccc1Cl. The Morgan fingerprint density at radius 3 is 1.94 bits per heavy atom. The zero-order valence-electron chi connectivity index (χ0n) is 9.62. The average molecular weight is 302 g/mol. The van der Waals surface area contributed by atoms with Crippen LogP contribution in [0.1, 0.15) is 22.8 Å². The van der Waals surface area contributed by atoms with Gasteiger partial charge in [-0.2, -0.15) is 0 Å². The Morgan fingerprint density at radius 1 is 0.833 bits per heavy atom. The molecular weight excluding hydrogens is 291 g/mol. The van der Waals surface area contributed by atoms with Gasteiger partial charge in [0, 0.05) is 5.02 Å². The molecule has 0 radical (unpaired) electrons. The highest BCUT2D eigenvalue weighted by molar-refractivity contribution is 6.42. The van der Waals surface area contributed by atoms with Crippen molar-refractivity contribution in [1.82, 2.24) is 0 Å². The van der Waals surface area contributed by atoms with Crippen molar-refractivity contribution < 1.29 is 5.11 Å². The molecule has 0 aromatic heterocycles. The molecular formula is C14H11Cl3O. The molecule has 0 amide bonds. The molecule has 0 fully saturated rings. The Morgan fingerprint density at radius 2 is 1.39 bits per heavy atom. The van der Waals surface area contributed by atoms with Crippen LogP contribution in [-0.2, 0) is 0 Å². The predicted molar refractivity (Wildman–Crippen MR) is 76.7 cm³/mol. The highest BCUT2D eigenvalue weighted by Gasteiger charge is 2.12. The van der Waals surface area contributed by atoms with Crippen LogP contribution in [-0.4, -0.2) is 5.11 Å². The largest absolute Gasteiger partial charge is 0.384 e. The minimum absolute atomic E-state index is 0.430. The van der Waals surface area contributed by atoms with Gasteiger partial charge in [-0.25, -0.2) is 0 Å². The third-order valence-electron chi connectivity index (χ3n) is 2.76. The van der Waals surface area contributed by atoms with Crippen LogP contribution in [0.4, 0.5) is 0 Å². The first-order valence-corrected chi connectivity index (χ1v) is 6.51. The van der Waals surface area contributed by atoms with Crippen molar-refractivity contribution in [2.75, 3.05) is 0 Å². The molecule has 1 nitrogen and oxygen atoms in total. The second kappa shape index (κ2) is 5.50. The molecule has 4 heteroatoms. The van der Waals surface area contributed by atoms with E-state index in [1.54, 1.807) is 30.3 Å². The minimum atomic E-state index is -0.740. The summed E-state index contributed by atoms with van der Waals surface area (Å²) < 4.78 is 0. The van der Waals surface area contributed by atoms with Gasteiger partial charge in [0.1, 0.15) is 6.10 Å². The van der Waals surface area contributed by atoms with Gasteiger partial charge >= 0.3 is 0 Å². The van der Waals surface area contributed by atoms with Gasteiger partial charge in [-0.3, -0.25) is 0 Å². The molecule has 0 aliphatic carbocycles. The van der Waals surface area contributed by atoms with Gasteiger partial charge in [0.05, 0.1) is 10.0 Å². The molecule has 0 aliphatic rings. The number of rotatable bonds is 2. The summed E-state index contributed by atoms with van der Waals surface area (Å²) in [5.74, 6) is 0. The summed E-state index contributed by atoms with van der Waals surface area (Å²) in [6, 6.07) is 10.5. The number of halogens is 3. The summed E-state index contributed by atoms with van der Waals surface area (Å²) in [5, 5.41) is 11.9. The first-order chi connectivity index (χ1) is 8.49. The van der Waals surface area contributed by atoms with Crippen molar-refractivity contribution in [1.29, 1.82) is 0 Å². The van der Waals surface area contributed by atoms with E-state index in [1.165, 1.54) is 0 Å². The lowest BCUT2D eigenvalue weighted by molar-refractivity contribution is 0.220. The highest BCUT2D eigenvalue weighted by Crippen LogP contribution is 2.30. The second-order valence-corrected chi connectivity index (χ2v) is 5.31. The van der Waals surface area contributed by atoms with Crippen LogP contribution in [0, 0.1) is 6.92 Å². The second-order valence-electron chi connectivity index (χ2n) is 4.08. The Hall–Kier alpha value is -0.730. The number of hydrogen-bond acceptors (Lipinski definition) is 1. The molecule has 2 aromatic rings. The number of aliphatic hydroxyl groups is 1. The minimum Gasteiger partial charge on any atom is -0.384 e. The fraction of sp³-hybridized carbons (Fsp3) is 0.143. The lowest BCUT2D eigenvalue weighted by atomic mass is 10.00. The lowest BCUT2D eigenvalue weighted by Gasteiger charge is -2.13. The fourth-order valence-electron chi connectivity index (χ4n) is 1.71. The van der Waals surface area contributed by atoms with E-state index in [2.05, 4.69) is 0 Å². The summed E-state index contributed by atoms with van der Waals surface area (Å²) in [7, 11) is 0. The van der Waals surface area contributed by atoms with Gasteiger partial charge < -0.3 is 5.11 Å². The van der Waals surface area contributed by atoms with Crippen LogP contribution < -0.4 is 0 Å². The van der Waals surface area contributed by atoms with Crippen molar-refractivity contribution in [3.63, 3.8) is 0 Å². The maximum atomic E-state index is 10.3. The molecule has 94 valence electrons. The summed E-state index contributed by atoms with van der Waals surface area (Å²) in [6.07, 6.45) is -0.740. The molecule has 0 bridgehead atoms. The number of aryl methyl sites for hydroxylation is 1. The van der Waals surface area contributed by atoms with Crippen LogP contribution in [0.2, 0.25) is 15.1 Å². The molecule has 0 saturated carbocycles. The van der Waals surface area contributed by atoms with Gasteiger partial charge in [0.15, 0.2) is 0 Å². The molecule has 2 aromatic carbocycles. The van der Waals surface area contributed by atoms with Crippen LogP contribution >= 0.6 is 34.8 Å². The molecule has 0 aliphatic heterocycles. The smallest absolute Gasteiger partial charge is 0.104 e. The molecule has 1 atom stereocenters. The first-order valence-electron chi connectivity index (χ1n) is 5.38. The van der Waals surface area contributed by atoms with E-state index < -0.39 is 6.10 Å². The Labute approximate surface area is 121 Å². The summed E-state index contributed by atoms with van der Waals surface area (Å²) >= 11 is 17.7. The van der Waals surface area contributed by atoms with Crippen molar-refractivity contribution in [3.05, 3.63) is 68.2 Å². The standard InChI is InChI=1S/C14H11Cl3O/c1-8-6-9(2-4-11(8)15)14(18)10-3-5-12(16)13(17)7-10/h2-7,14,18H,1H3. The van der Waals surface area contributed by atoms with Crippen molar-refractivity contribution >= 4 is 34.8 Å². The molecule has 18 heavy (non-hydrogen) atoms. The number of hydrogen-bond donors (Lipinski definition) is 1. The van der Waals surface area contributed by atoms with Crippen molar-refractivity contribution in [3.8, 4) is 0 Å². The monoisotopic (exact) mass is 300 g/mol. The number of aliphatic hydroxyl groups excluding tert-OH is 1. The van der Waals surface area contributed by atoms with E-state index >= 15 is 0 Å². The van der Waals surface area contributed by atoms with Gasteiger partial charge in [-0.1, -0.05) is 53.0 Å². The van der Waals surface area contributed by atoms with E-state index in [0.717, 1.165) is 11.1 Å². The van der Waals surface area contributed by atoms with Crippen LogP contribution in [0.5, 0.6) is 0 Å². The molecule has 0 spiro atoms. The van der Waals surface area contributed by atoms with Crippen molar-refractivity contribution in [2.24, 2.45) is 0 Å². The quantitative estimate of drug-likeness (QED) is 0.824. The first kappa shape index (κ1) is 13.7. The highest BCUT2D eigenvalue weighted by atomic mass is 35.5. The van der Waals surface area contributed by atoms with Crippen LogP contribution in [0.15, 0.2) is 36.4 Å². The maximum absolute atomic E-state index is 10.3. The third-order valence-corrected chi connectivity index (χ3v) is 3.92. The topological polar surface area (TPSA) is 20.2 Å². The Kier molecular flexibility index (Phi) is 4.18. The molecule has 0 heterocycles. The predicted octanol–water partition coefficient (Wildman–Crippen LogP) is 5.04. The summed E-state index contributed by atoms with van der Waals surface area (Å²) in [6.45, 7) is 1.90.